The Bertz CT molecular complexity index is 687. The van der Waals surface area contributed by atoms with Crippen LogP contribution in [0.5, 0.6) is 0 Å². The number of anilines is 1. The van der Waals surface area contributed by atoms with Crippen LogP contribution in [-0.4, -0.2) is 4.98 Å². The third-order valence-electron chi connectivity index (χ3n) is 3.46. The second-order valence-electron chi connectivity index (χ2n) is 5.09. The minimum Gasteiger partial charge on any atom is -0.399 e. The van der Waals surface area contributed by atoms with Crippen LogP contribution in [0.3, 0.4) is 0 Å². The molecule has 0 aliphatic carbocycles. The number of aromatic nitrogens is 1. The molecule has 2 nitrogen and oxygen atoms in total. The van der Waals surface area contributed by atoms with Crippen molar-refractivity contribution in [1.29, 1.82) is 0 Å². The van der Waals surface area contributed by atoms with E-state index in [0.29, 0.717) is 0 Å². The Morgan fingerprint density at radius 1 is 0.905 bits per heavy atom. The summed E-state index contributed by atoms with van der Waals surface area (Å²) in [6, 6.07) is 18.5. The highest BCUT2D eigenvalue weighted by atomic mass is 32.1. The van der Waals surface area contributed by atoms with Gasteiger partial charge in [-0.3, -0.25) is 0 Å². The summed E-state index contributed by atoms with van der Waals surface area (Å²) in [5.41, 5.74) is 10.1. The van der Waals surface area contributed by atoms with Gasteiger partial charge in [-0.25, -0.2) is 4.98 Å². The maximum atomic E-state index is 5.71. The Hall–Kier alpha value is -2.13. The number of nitrogens with zero attached hydrogens (tertiary/aromatic N) is 1. The molecule has 2 N–H and O–H groups in total. The standard InChI is InChI=1S/C18H18N2S/c19-16-11-9-15(10-12-16)17-13-21-18(20-17)8-4-7-14-5-2-1-3-6-14/h1-3,5-6,9-13H,4,7-8,19H2. The lowest BCUT2D eigenvalue weighted by molar-refractivity contribution is 0.815. The minimum absolute atomic E-state index is 0.789. The van der Waals surface area contributed by atoms with Crippen molar-refractivity contribution in [3.05, 3.63) is 70.5 Å². The van der Waals surface area contributed by atoms with E-state index in [-0.39, 0.29) is 0 Å². The lowest BCUT2D eigenvalue weighted by Crippen LogP contribution is -1.89. The van der Waals surface area contributed by atoms with Crippen LogP contribution in [0.15, 0.2) is 60.0 Å². The van der Waals surface area contributed by atoms with Gasteiger partial charge < -0.3 is 5.73 Å². The molecule has 3 heteroatoms. The van der Waals surface area contributed by atoms with E-state index in [1.807, 2.05) is 24.3 Å². The Balaban J connectivity index is 1.59. The fourth-order valence-electron chi connectivity index (χ4n) is 2.30. The first-order chi connectivity index (χ1) is 10.3. The second kappa shape index (κ2) is 6.55. The first kappa shape index (κ1) is 13.8. The maximum absolute atomic E-state index is 5.71. The second-order valence-corrected chi connectivity index (χ2v) is 6.03. The van der Waals surface area contributed by atoms with E-state index >= 15 is 0 Å². The summed E-state index contributed by atoms with van der Waals surface area (Å²) in [6.45, 7) is 0. The number of rotatable bonds is 5. The van der Waals surface area contributed by atoms with Gasteiger partial charge in [-0.1, -0.05) is 42.5 Å². The molecule has 3 aromatic rings. The predicted octanol–water partition coefficient (Wildman–Crippen LogP) is 4.57. The zero-order valence-corrected chi connectivity index (χ0v) is 12.6. The van der Waals surface area contributed by atoms with E-state index in [0.717, 1.165) is 36.2 Å². The van der Waals surface area contributed by atoms with Gasteiger partial charge in [0, 0.05) is 16.6 Å². The van der Waals surface area contributed by atoms with Crippen LogP contribution in [0, 0.1) is 0 Å². The maximum Gasteiger partial charge on any atom is 0.0932 e. The minimum atomic E-state index is 0.789. The highest BCUT2D eigenvalue weighted by molar-refractivity contribution is 7.09. The van der Waals surface area contributed by atoms with E-state index in [1.165, 1.54) is 10.6 Å². The van der Waals surface area contributed by atoms with Gasteiger partial charge in [0.25, 0.3) is 0 Å². The lowest BCUT2D eigenvalue weighted by Gasteiger charge is -1.99. The van der Waals surface area contributed by atoms with Crippen molar-refractivity contribution in [2.45, 2.75) is 19.3 Å². The van der Waals surface area contributed by atoms with Gasteiger partial charge in [0.1, 0.15) is 0 Å². The fraction of sp³-hybridized carbons (Fsp3) is 0.167. The van der Waals surface area contributed by atoms with Crippen molar-refractivity contribution in [3.8, 4) is 11.3 Å². The van der Waals surface area contributed by atoms with Crippen LogP contribution in [0.2, 0.25) is 0 Å². The molecule has 0 bridgehead atoms. The summed E-state index contributed by atoms with van der Waals surface area (Å²) in [7, 11) is 0. The molecule has 0 fully saturated rings. The molecule has 0 saturated carbocycles. The number of thiazole rings is 1. The topological polar surface area (TPSA) is 38.9 Å². The normalized spacial score (nSPS) is 10.7. The van der Waals surface area contributed by atoms with Crippen molar-refractivity contribution in [2.75, 3.05) is 5.73 Å². The average molecular weight is 294 g/mol. The summed E-state index contributed by atoms with van der Waals surface area (Å²) < 4.78 is 0. The molecule has 0 unspecified atom stereocenters. The molecule has 0 aliphatic rings. The zero-order chi connectivity index (χ0) is 14.5. The molecule has 106 valence electrons. The van der Waals surface area contributed by atoms with E-state index in [1.54, 1.807) is 11.3 Å². The lowest BCUT2D eigenvalue weighted by atomic mass is 10.1. The molecule has 0 saturated heterocycles. The number of aryl methyl sites for hydroxylation is 2. The van der Waals surface area contributed by atoms with Gasteiger partial charge >= 0.3 is 0 Å². The Morgan fingerprint density at radius 2 is 1.67 bits per heavy atom. The fourth-order valence-corrected chi connectivity index (χ4v) is 3.15. The summed E-state index contributed by atoms with van der Waals surface area (Å²) >= 11 is 1.74. The number of benzene rings is 2. The molecule has 0 aliphatic heterocycles. The zero-order valence-electron chi connectivity index (χ0n) is 11.8. The summed E-state index contributed by atoms with van der Waals surface area (Å²) in [6.07, 6.45) is 3.28. The molecule has 3 rings (SSSR count). The molecular formula is C18H18N2S. The molecular weight excluding hydrogens is 276 g/mol. The summed E-state index contributed by atoms with van der Waals surface area (Å²) in [5, 5.41) is 3.33. The molecule has 0 amide bonds. The Labute approximate surface area is 129 Å². The van der Waals surface area contributed by atoms with E-state index in [9.17, 15) is 0 Å². The van der Waals surface area contributed by atoms with Crippen LogP contribution in [-0.2, 0) is 12.8 Å². The quantitative estimate of drug-likeness (QED) is 0.700. The Kier molecular flexibility index (Phi) is 4.31. The molecule has 0 atom stereocenters. The first-order valence-electron chi connectivity index (χ1n) is 7.15. The van der Waals surface area contributed by atoms with Gasteiger partial charge in [-0.15, -0.1) is 11.3 Å². The van der Waals surface area contributed by atoms with Gasteiger partial charge in [0.15, 0.2) is 0 Å². The summed E-state index contributed by atoms with van der Waals surface area (Å²) in [4.78, 5) is 4.72. The third kappa shape index (κ3) is 3.70. The number of nitrogen functional groups attached to an aromatic ring is 1. The molecule has 1 aromatic heterocycles. The summed E-state index contributed by atoms with van der Waals surface area (Å²) in [5.74, 6) is 0. The molecule has 1 heterocycles. The smallest absolute Gasteiger partial charge is 0.0932 e. The average Bonchev–Trinajstić information content (AvgIpc) is 2.98. The number of hydrogen-bond donors (Lipinski definition) is 1. The highest BCUT2D eigenvalue weighted by Crippen LogP contribution is 2.23. The van der Waals surface area contributed by atoms with Crippen molar-refractivity contribution in [2.24, 2.45) is 0 Å². The molecule has 21 heavy (non-hydrogen) atoms. The van der Waals surface area contributed by atoms with Gasteiger partial charge in [-0.2, -0.15) is 0 Å². The SMILES string of the molecule is Nc1ccc(-c2csc(CCCc3ccccc3)n2)cc1. The van der Waals surface area contributed by atoms with Crippen molar-refractivity contribution < 1.29 is 0 Å². The van der Waals surface area contributed by atoms with Gasteiger partial charge in [0.2, 0.25) is 0 Å². The molecule has 0 radical (unpaired) electrons. The van der Waals surface area contributed by atoms with E-state index in [4.69, 9.17) is 10.7 Å². The largest absolute Gasteiger partial charge is 0.399 e. The van der Waals surface area contributed by atoms with Crippen LogP contribution < -0.4 is 5.73 Å². The van der Waals surface area contributed by atoms with E-state index in [2.05, 4.69) is 35.7 Å². The van der Waals surface area contributed by atoms with Crippen molar-refractivity contribution in [1.82, 2.24) is 4.98 Å². The highest BCUT2D eigenvalue weighted by Gasteiger charge is 2.04. The predicted molar refractivity (Wildman–Crippen MR) is 90.4 cm³/mol. The van der Waals surface area contributed by atoms with Gasteiger partial charge in [-0.05, 0) is 37.0 Å². The van der Waals surface area contributed by atoms with Crippen LogP contribution in [0.25, 0.3) is 11.3 Å². The van der Waals surface area contributed by atoms with Crippen molar-refractivity contribution >= 4 is 17.0 Å². The van der Waals surface area contributed by atoms with E-state index < -0.39 is 0 Å². The monoisotopic (exact) mass is 294 g/mol. The number of nitrogens with two attached hydrogens (primary N) is 1. The van der Waals surface area contributed by atoms with Gasteiger partial charge in [0.05, 0.1) is 10.7 Å². The van der Waals surface area contributed by atoms with Crippen LogP contribution in [0.4, 0.5) is 5.69 Å². The molecule has 2 aromatic carbocycles. The third-order valence-corrected chi connectivity index (χ3v) is 4.37. The van der Waals surface area contributed by atoms with Crippen LogP contribution in [0.1, 0.15) is 17.0 Å². The van der Waals surface area contributed by atoms with Crippen molar-refractivity contribution in [3.63, 3.8) is 0 Å². The first-order valence-corrected chi connectivity index (χ1v) is 8.03. The number of hydrogen-bond acceptors (Lipinski definition) is 3. The Morgan fingerprint density at radius 3 is 2.43 bits per heavy atom. The molecule has 0 spiro atoms. The van der Waals surface area contributed by atoms with Crippen LogP contribution >= 0.6 is 11.3 Å².